The zero-order valence-electron chi connectivity index (χ0n) is 8.53. The van der Waals surface area contributed by atoms with E-state index in [-0.39, 0.29) is 0 Å². The smallest absolute Gasteiger partial charge is 0.121 e. The first-order valence-corrected chi connectivity index (χ1v) is 6.04. The van der Waals surface area contributed by atoms with Crippen molar-refractivity contribution in [2.45, 2.75) is 13.3 Å². The van der Waals surface area contributed by atoms with Gasteiger partial charge in [-0.3, -0.25) is 0 Å². The molecule has 0 unspecified atom stereocenters. The minimum absolute atomic E-state index is 0.755. The van der Waals surface area contributed by atoms with E-state index in [9.17, 15) is 0 Å². The Labute approximate surface area is 89.8 Å². The van der Waals surface area contributed by atoms with Gasteiger partial charge in [-0.25, -0.2) is 0 Å². The number of ether oxygens (including phenoxy) is 1. The summed E-state index contributed by atoms with van der Waals surface area (Å²) in [6, 6.07) is 7.56. The molecule has 0 saturated carbocycles. The normalized spacial score (nSPS) is 10.1. The minimum atomic E-state index is 0.755. The van der Waals surface area contributed by atoms with Crippen LogP contribution in [0.4, 0.5) is 5.69 Å². The fourth-order valence-corrected chi connectivity index (χ4v) is 1.71. The average Bonchev–Trinajstić information content (AvgIpc) is 2.18. The Bertz CT molecular complexity index is 265. The third kappa shape index (κ3) is 4.42. The van der Waals surface area contributed by atoms with E-state index in [4.69, 9.17) is 10.5 Å². The van der Waals surface area contributed by atoms with Crippen LogP contribution < -0.4 is 10.5 Å². The van der Waals surface area contributed by atoms with E-state index in [0.717, 1.165) is 24.5 Å². The SMILES string of the molecule is CCSCCCOc1cccc(N)c1. The molecule has 2 N–H and O–H groups in total. The molecule has 0 aliphatic heterocycles. The molecule has 0 atom stereocenters. The van der Waals surface area contributed by atoms with Crippen molar-refractivity contribution >= 4 is 17.4 Å². The van der Waals surface area contributed by atoms with Crippen LogP contribution >= 0.6 is 11.8 Å². The Morgan fingerprint density at radius 3 is 3.00 bits per heavy atom. The molecular weight excluding hydrogens is 194 g/mol. The third-order valence-electron chi connectivity index (χ3n) is 1.76. The van der Waals surface area contributed by atoms with E-state index in [2.05, 4.69) is 6.92 Å². The van der Waals surface area contributed by atoms with Crippen LogP contribution in [-0.2, 0) is 0 Å². The van der Waals surface area contributed by atoms with E-state index >= 15 is 0 Å². The molecule has 0 aliphatic carbocycles. The predicted molar refractivity (Wildman–Crippen MR) is 64.0 cm³/mol. The average molecular weight is 211 g/mol. The number of hydrogen-bond donors (Lipinski definition) is 1. The molecule has 78 valence electrons. The maximum atomic E-state index is 5.63. The highest BCUT2D eigenvalue weighted by molar-refractivity contribution is 7.99. The van der Waals surface area contributed by atoms with Gasteiger partial charge in [0.2, 0.25) is 0 Å². The molecule has 0 fully saturated rings. The molecule has 3 heteroatoms. The molecule has 14 heavy (non-hydrogen) atoms. The highest BCUT2D eigenvalue weighted by atomic mass is 32.2. The van der Waals surface area contributed by atoms with Gasteiger partial charge in [-0.05, 0) is 30.1 Å². The molecule has 0 heterocycles. The Morgan fingerprint density at radius 1 is 1.43 bits per heavy atom. The van der Waals surface area contributed by atoms with E-state index in [0.29, 0.717) is 0 Å². The molecule has 2 nitrogen and oxygen atoms in total. The molecule has 0 bridgehead atoms. The number of nitrogens with two attached hydrogens (primary N) is 1. The number of nitrogen functional groups attached to an aromatic ring is 1. The van der Waals surface area contributed by atoms with Gasteiger partial charge in [0.15, 0.2) is 0 Å². The van der Waals surface area contributed by atoms with Gasteiger partial charge in [-0.15, -0.1) is 0 Å². The van der Waals surface area contributed by atoms with Crippen molar-refractivity contribution < 1.29 is 4.74 Å². The van der Waals surface area contributed by atoms with Crippen LogP contribution in [0.2, 0.25) is 0 Å². The summed E-state index contributed by atoms with van der Waals surface area (Å²) in [5.41, 5.74) is 6.38. The van der Waals surface area contributed by atoms with E-state index in [1.54, 1.807) is 0 Å². The Hall–Kier alpha value is -0.830. The van der Waals surface area contributed by atoms with Crippen molar-refractivity contribution in [1.29, 1.82) is 0 Å². The summed E-state index contributed by atoms with van der Waals surface area (Å²) in [5.74, 6) is 3.21. The quantitative estimate of drug-likeness (QED) is 0.580. The Morgan fingerprint density at radius 2 is 2.29 bits per heavy atom. The molecule has 0 saturated heterocycles. The number of benzene rings is 1. The molecule has 0 amide bonds. The van der Waals surface area contributed by atoms with E-state index in [1.165, 1.54) is 11.5 Å². The van der Waals surface area contributed by atoms with Crippen molar-refractivity contribution in [1.82, 2.24) is 0 Å². The standard InChI is InChI=1S/C11H17NOS/c1-2-14-8-4-7-13-11-6-3-5-10(12)9-11/h3,5-6,9H,2,4,7-8,12H2,1H3. The Balaban J connectivity index is 2.18. The van der Waals surface area contributed by atoms with Gasteiger partial charge < -0.3 is 10.5 Å². The lowest BCUT2D eigenvalue weighted by Crippen LogP contribution is -1.99. The highest BCUT2D eigenvalue weighted by Gasteiger charge is 1.93. The second-order valence-electron chi connectivity index (χ2n) is 2.97. The van der Waals surface area contributed by atoms with Crippen LogP contribution in [0.15, 0.2) is 24.3 Å². The minimum Gasteiger partial charge on any atom is -0.493 e. The monoisotopic (exact) mass is 211 g/mol. The fraction of sp³-hybridized carbons (Fsp3) is 0.455. The molecule has 0 aliphatic rings. The molecule has 1 rings (SSSR count). The van der Waals surface area contributed by atoms with Crippen molar-refractivity contribution in [3.63, 3.8) is 0 Å². The third-order valence-corrected chi connectivity index (χ3v) is 2.75. The Kier molecular flexibility index (Phi) is 5.30. The van der Waals surface area contributed by atoms with Gasteiger partial charge >= 0.3 is 0 Å². The van der Waals surface area contributed by atoms with Crippen LogP contribution in [0.1, 0.15) is 13.3 Å². The molecular formula is C11H17NOS. The molecule has 0 aromatic heterocycles. The van der Waals surface area contributed by atoms with Crippen LogP contribution in [0.3, 0.4) is 0 Å². The van der Waals surface area contributed by atoms with Gasteiger partial charge in [0.25, 0.3) is 0 Å². The molecule has 0 spiro atoms. The van der Waals surface area contributed by atoms with Crippen molar-refractivity contribution in [2.75, 3.05) is 23.8 Å². The fourth-order valence-electron chi connectivity index (χ4n) is 1.10. The van der Waals surface area contributed by atoms with Gasteiger partial charge in [-0.1, -0.05) is 13.0 Å². The summed E-state index contributed by atoms with van der Waals surface area (Å²) in [6.07, 6.45) is 1.09. The largest absolute Gasteiger partial charge is 0.493 e. The van der Waals surface area contributed by atoms with E-state index < -0.39 is 0 Å². The van der Waals surface area contributed by atoms with Crippen molar-refractivity contribution in [3.8, 4) is 5.75 Å². The van der Waals surface area contributed by atoms with Gasteiger partial charge in [0.1, 0.15) is 5.75 Å². The number of thioether (sulfide) groups is 1. The van der Waals surface area contributed by atoms with Crippen LogP contribution in [0.25, 0.3) is 0 Å². The zero-order chi connectivity index (χ0) is 10.2. The lowest BCUT2D eigenvalue weighted by molar-refractivity contribution is 0.319. The number of rotatable bonds is 6. The molecule has 0 radical (unpaired) electrons. The summed E-state index contributed by atoms with van der Waals surface area (Å²) in [5, 5.41) is 0. The first kappa shape index (κ1) is 11.2. The van der Waals surface area contributed by atoms with Crippen LogP contribution in [0, 0.1) is 0 Å². The van der Waals surface area contributed by atoms with Crippen LogP contribution in [-0.4, -0.2) is 18.1 Å². The van der Waals surface area contributed by atoms with Crippen LogP contribution in [0.5, 0.6) is 5.75 Å². The number of hydrogen-bond acceptors (Lipinski definition) is 3. The predicted octanol–water partition coefficient (Wildman–Crippen LogP) is 2.79. The zero-order valence-corrected chi connectivity index (χ0v) is 9.35. The summed E-state index contributed by atoms with van der Waals surface area (Å²) in [6.45, 7) is 2.94. The second kappa shape index (κ2) is 6.60. The van der Waals surface area contributed by atoms with Crippen molar-refractivity contribution in [3.05, 3.63) is 24.3 Å². The lowest BCUT2D eigenvalue weighted by Gasteiger charge is -2.05. The molecule has 1 aromatic carbocycles. The van der Waals surface area contributed by atoms with Gasteiger partial charge in [0, 0.05) is 11.8 Å². The second-order valence-corrected chi connectivity index (χ2v) is 4.37. The van der Waals surface area contributed by atoms with Crippen molar-refractivity contribution in [2.24, 2.45) is 0 Å². The summed E-state index contributed by atoms with van der Waals surface area (Å²) in [4.78, 5) is 0. The first-order chi connectivity index (χ1) is 6.83. The summed E-state index contributed by atoms with van der Waals surface area (Å²) in [7, 11) is 0. The maximum absolute atomic E-state index is 5.63. The summed E-state index contributed by atoms with van der Waals surface area (Å²) >= 11 is 1.94. The maximum Gasteiger partial charge on any atom is 0.121 e. The highest BCUT2D eigenvalue weighted by Crippen LogP contribution is 2.14. The van der Waals surface area contributed by atoms with Gasteiger partial charge in [0.05, 0.1) is 6.61 Å². The van der Waals surface area contributed by atoms with Gasteiger partial charge in [-0.2, -0.15) is 11.8 Å². The van der Waals surface area contributed by atoms with E-state index in [1.807, 2.05) is 36.0 Å². The summed E-state index contributed by atoms with van der Waals surface area (Å²) < 4.78 is 5.54. The topological polar surface area (TPSA) is 35.2 Å². The molecule has 1 aromatic rings. The lowest BCUT2D eigenvalue weighted by atomic mass is 10.3. The number of anilines is 1. The first-order valence-electron chi connectivity index (χ1n) is 4.89.